The SMILES string of the molecule is COc1cc(C(O)CC2CCCCC2)c(OC)cc1Br. The van der Waals surface area contributed by atoms with Gasteiger partial charge >= 0.3 is 0 Å². The molecule has 3 nitrogen and oxygen atoms in total. The minimum atomic E-state index is -0.491. The van der Waals surface area contributed by atoms with E-state index >= 15 is 0 Å². The Morgan fingerprint density at radius 3 is 2.40 bits per heavy atom. The molecule has 1 fully saturated rings. The number of methoxy groups -OCH3 is 2. The van der Waals surface area contributed by atoms with Crippen LogP contribution in [0.25, 0.3) is 0 Å². The first kappa shape index (κ1) is 15.6. The monoisotopic (exact) mass is 342 g/mol. The third-order valence-corrected chi connectivity index (χ3v) is 4.76. The number of hydrogen-bond donors (Lipinski definition) is 1. The first-order valence-corrected chi connectivity index (χ1v) is 8.04. The second-order valence-electron chi connectivity index (χ2n) is 5.48. The molecule has 1 aromatic carbocycles. The predicted molar refractivity (Wildman–Crippen MR) is 83.4 cm³/mol. The van der Waals surface area contributed by atoms with Gasteiger partial charge in [0.25, 0.3) is 0 Å². The van der Waals surface area contributed by atoms with Gasteiger partial charge in [-0.15, -0.1) is 0 Å². The van der Waals surface area contributed by atoms with Crippen LogP contribution in [-0.4, -0.2) is 19.3 Å². The van der Waals surface area contributed by atoms with E-state index in [1.807, 2.05) is 12.1 Å². The largest absolute Gasteiger partial charge is 0.496 e. The van der Waals surface area contributed by atoms with Gasteiger partial charge in [0.1, 0.15) is 11.5 Å². The second-order valence-corrected chi connectivity index (χ2v) is 6.34. The average Bonchev–Trinajstić information content (AvgIpc) is 2.47. The van der Waals surface area contributed by atoms with Gasteiger partial charge in [-0.1, -0.05) is 32.1 Å². The van der Waals surface area contributed by atoms with E-state index in [2.05, 4.69) is 15.9 Å². The summed E-state index contributed by atoms with van der Waals surface area (Å²) in [7, 11) is 3.26. The van der Waals surface area contributed by atoms with Gasteiger partial charge in [0.15, 0.2) is 0 Å². The minimum absolute atomic E-state index is 0.491. The molecule has 112 valence electrons. The Morgan fingerprint density at radius 1 is 1.15 bits per heavy atom. The second kappa shape index (κ2) is 7.32. The van der Waals surface area contributed by atoms with Crippen LogP contribution in [0.2, 0.25) is 0 Å². The van der Waals surface area contributed by atoms with E-state index < -0.39 is 6.10 Å². The van der Waals surface area contributed by atoms with E-state index in [0.717, 1.165) is 22.2 Å². The molecular weight excluding hydrogens is 320 g/mol. The topological polar surface area (TPSA) is 38.7 Å². The van der Waals surface area contributed by atoms with Crippen LogP contribution in [0, 0.1) is 5.92 Å². The molecule has 0 amide bonds. The minimum Gasteiger partial charge on any atom is -0.496 e. The van der Waals surface area contributed by atoms with Gasteiger partial charge < -0.3 is 14.6 Å². The fraction of sp³-hybridized carbons (Fsp3) is 0.625. The average molecular weight is 343 g/mol. The molecule has 1 unspecified atom stereocenters. The van der Waals surface area contributed by atoms with Gasteiger partial charge in [0, 0.05) is 5.56 Å². The fourth-order valence-corrected chi connectivity index (χ4v) is 3.49. The van der Waals surface area contributed by atoms with Gasteiger partial charge in [-0.25, -0.2) is 0 Å². The quantitative estimate of drug-likeness (QED) is 0.857. The van der Waals surface area contributed by atoms with Crippen LogP contribution in [0.1, 0.15) is 50.2 Å². The normalized spacial score (nSPS) is 17.8. The van der Waals surface area contributed by atoms with Crippen molar-refractivity contribution in [3.05, 3.63) is 22.2 Å². The van der Waals surface area contributed by atoms with Crippen molar-refractivity contribution in [1.29, 1.82) is 0 Å². The van der Waals surface area contributed by atoms with Crippen molar-refractivity contribution in [2.24, 2.45) is 5.92 Å². The van der Waals surface area contributed by atoms with E-state index in [9.17, 15) is 5.11 Å². The zero-order chi connectivity index (χ0) is 14.5. The smallest absolute Gasteiger partial charge is 0.133 e. The molecule has 1 aliphatic carbocycles. The first-order valence-electron chi connectivity index (χ1n) is 7.25. The van der Waals surface area contributed by atoms with Crippen LogP contribution in [0.3, 0.4) is 0 Å². The molecule has 0 heterocycles. The summed E-state index contributed by atoms with van der Waals surface area (Å²) in [5.41, 5.74) is 0.818. The molecule has 1 N–H and O–H groups in total. The molecule has 0 spiro atoms. The number of halogens is 1. The molecule has 20 heavy (non-hydrogen) atoms. The Kier molecular flexibility index (Phi) is 5.73. The van der Waals surface area contributed by atoms with Crippen LogP contribution < -0.4 is 9.47 Å². The molecule has 1 aliphatic rings. The molecule has 0 aromatic heterocycles. The van der Waals surface area contributed by atoms with Gasteiger partial charge in [-0.2, -0.15) is 0 Å². The highest BCUT2D eigenvalue weighted by Gasteiger charge is 2.22. The molecule has 0 radical (unpaired) electrons. The first-order chi connectivity index (χ1) is 9.65. The third-order valence-electron chi connectivity index (χ3n) is 4.14. The lowest BCUT2D eigenvalue weighted by Crippen LogP contribution is -2.12. The molecule has 0 aliphatic heterocycles. The van der Waals surface area contributed by atoms with E-state index in [-0.39, 0.29) is 0 Å². The van der Waals surface area contributed by atoms with Crippen LogP contribution in [-0.2, 0) is 0 Å². The van der Waals surface area contributed by atoms with E-state index in [1.165, 1.54) is 32.1 Å². The Bertz CT molecular complexity index is 442. The van der Waals surface area contributed by atoms with Gasteiger partial charge in [-0.3, -0.25) is 0 Å². The van der Waals surface area contributed by atoms with E-state index in [4.69, 9.17) is 9.47 Å². The maximum atomic E-state index is 10.5. The third kappa shape index (κ3) is 3.67. The fourth-order valence-electron chi connectivity index (χ4n) is 3.01. The highest BCUT2D eigenvalue weighted by atomic mass is 79.9. The molecule has 2 rings (SSSR count). The van der Waals surface area contributed by atoms with Crippen LogP contribution in [0.5, 0.6) is 11.5 Å². The maximum absolute atomic E-state index is 10.5. The summed E-state index contributed by atoms with van der Waals surface area (Å²) in [4.78, 5) is 0. The van der Waals surface area contributed by atoms with Crippen LogP contribution >= 0.6 is 15.9 Å². The Morgan fingerprint density at radius 2 is 1.80 bits per heavy atom. The predicted octanol–water partition coefficient (Wildman–Crippen LogP) is 4.47. The molecular formula is C16H23BrO3. The zero-order valence-corrected chi connectivity index (χ0v) is 13.8. The highest BCUT2D eigenvalue weighted by Crippen LogP contribution is 2.39. The molecule has 4 heteroatoms. The van der Waals surface area contributed by atoms with Crippen molar-refractivity contribution >= 4 is 15.9 Å². The summed E-state index contributed by atoms with van der Waals surface area (Å²) in [6, 6.07) is 3.73. The van der Waals surface area contributed by atoms with Crippen molar-refractivity contribution < 1.29 is 14.6 Å². The molecule has 1 saturated carbocycles. The summed E-state index contributed by atoms with van der Waals surface area (Å²) < 4.78 is 11.5. The molecule has 1 atom stereocenters. The number of rotatable bonds is 5. The lowest BCUT2D eigenvalue weighted by atomic mass is 9.84. The molecule has 0 bridgehead atoms. The van der Waals surface area contributed by atoms with Crippen molar-refractivity contribution in [3.63, 3.8) is 0 Å². The van der Waals surface area contributed by atoms with Crippen molar-refractivity contribution in [1.82, 2.24) is 0 Å². The van der Waals surface area contributed by atoms with E-state index in [0.29, 0.717) is 11.7 Å². The van der Waals surface area contributed by atoms with Crippen LogP contribution in [0.4, 0.5) is 0 Å². The summed E-state index contributed by atoms with van der Waals surface area (Å²) in [5, 5.41) is 10.5. The number of benzene rings is 1. The lowest BCUT2D eigenvalue weighted by molar-refractivity contribution is 0.128. The van der Waals surface area contributed by atoms with Gasteiger partial charge in [-0.05, 0) is 40.4 Å². The zero-order valence-electron chi connectivity index (χ0n) is 12.2. The highest BCUT2D eigenvalue weighted by molar-refractivity contribution is 9.10. The lowest BCUT2D eigenvalue weighted by Gasteiger charge is -2.25. The van der Waals surface area contributed by atoms with E-state index in [1.54, 1.807) is 14.2 Å². The summed E-state index contributed by atoms with van der Waals surface area (Å²) >= 11 is 3.44. The van der Waals surface area contributed by atoms with Gasteiger partial charge in [0.05, 0.1) is 24.8 Å². The Hall–Kier alpha value is -0.740. The number of ether oxygens (including phenoxy) is 2. The Balaban J connectivity index is 2.16. The summed E-state index contributed by atoms with van der Waals surface area (Å²) in [6.07, 6.45) is 6.69. The van der Waals surface area contributed by atoms with Crippen molar-refractivity contribution in [3.8, 4) is 11.5 Å². The number of aliphatic hydroxyl groups excluding tert-OH is 1. The van der Waals surface area contributed by atoms with Gasteiger partial charge in [0.2, 0.25) is 0 Å². The maximum Gasteiger partial charge on any atom is 0.133 e. The number of hydrogen-bond acceptors (Lipinski definition) is 3. The van der Waals surface area contributed by atoms with Crippen LogP contribution in [0.15, 0.2) is 16.6 Å². The number of aliphatic hydroxyl groups is 1. The van der Waals surface area contributed by atoms with Crippen molar-refractivity contribution in [2.45, 2.75) is 44.6 Å². The van der Waals surface area contributed by atoms with Crippen molar-refractivity contribution in [2.75, 3.05) is 14.2 Å². The molecule has 1 aromatic rings. The Labute approximate surface area is 129 Å². The summed E-state index contributed by atoms with van der Waals surface area (Å²) in [6.45, 7) is 0. The molecule has 0 saturated heterocycles. The summed E-state index contributed by atoms with van der Waals surface area (Å²) in [5.74, 6) is 2.06. The standard InChI is InChI=1S/C16H23BrO3/c1-19-15-10-13(17)16(20-2)9-12(15)14(18)8-11-6-4-3-5-7-11/h9-11,14,18H,3-8H2,1-2H3.